The van der Waals surface area contributed by atoms with Crippen LogP contribution in [0.15, 0.2) is 70.6 Å². The number of amides is 1. The van der Waals surface area contributed by atoms with Crippen LogP contribution in [-0.2, 0) is 16.0 Å². The van der Waals surface area contributed by atoms with Gasteiger partial charge in [0, 0.05) is 5.39 Å². The number of aromatic nitrogens is 1. The second kappa shape index (κ2) is 7.66. The van der Waals surface area contributed by atoms with Crippen LogP contribution in [0.5, 0.6) is 0 Å². The Kier molecular flexibility index (Phi) is 4.90. The van der Waals surface area contributed by atoms with Gasteiger partial charge < -0.3 is 10.4 Å². The maximum atomic E-state index is 12.2. The van der Waals surface area contributed by atoms with E-state index < -0.39 is 5.97 Å². The summed E-state index contributed by atoms with van der Waals surface area (Å²) < 4.78 is 0. The third kappa shape index (κ3) is 4.10. The molecule has 2 heterocycles. The lowest BCUT2D eigenvalue weighted by Crippen LogP contribution is -2.19. The van der Waals surface area contributed by atoms with Crippen molar-refractivity contribution >= 4 is 51.5 Å². The predicted octanol–water partition coefficient (Wildman–Crippen LogP) is 3.75. The first kappa shape index (κ1) is 17.9. The van der Waals surface area contributed by atoms with Gasteiger partial charge in [-0.25, -0.2) is 9.98 Å². The van der Waals surface area contributed by atoms with Gasteiger partial charge in [0.15, 0.2) is 5.17 Å². The van der Waals surface area contributed by atoms with E-state index in [-0.39, 0.29) is 12.3 Å². The molecule has 0 unspecified atom stereocenters. The maximum absolute atomic E-state index is 12.2. The highest BCUT2D eigenvalue weighted by Crippen LogP contribution is 2.28. The average molecular weight is 389 g/mol. The molecule has 0 bridgehead atoms. The number of hydrogen-bond donors (Lipinski definition) is 2. The molecule has 0 atom stereocenters. The first-order valence-electron chi connectivity index (χ1n) is 8.53. The molecule has 2 aromatic carbocycles. The molecule has 1 aliphatic heterocycles. The zero-order chi connectivity index (χ0) is 19.5. The van der Waals surface area contributed by atoms with Gasteiger partial charge in [0.2, 0.25) is 0 Å². The van der Waals surface area contributed by atoms with E-state index in [9.17, 15) is 9.59 Å². The number of carbonyl (C=O) groups excluding carboxylic acids is 1. The van der Waals surface area contributed by atoms with Gasteiger partial charge in [-0.05, 0) is 47.7 Å². The van der Waals surface area contributed by atoms with E-state index in [1.807, 2.05) is 36.4 Å². The zero-order valence-corrected chi connectivity index (χ0v) is 15.4. The monoisotopic (exact) mass is 389 g/mol. The van der Waals surface area contributed by atoms with Gasteiger partial charge in [-0.3, -0.25) is 9.59 Å². The molecule has 0 radical (unpaired) electrons. The van der Waals surface area contributed by atoms with Crippen molar-refractivity contribution < 1.29 is 14.7 Å². The van der Waals surface area contributed by atoms with Gasteiger partial charge in [-0.15, -0.1) is 0 Å². The lowest BCUT2D eigenvalue weighted by Gasteiger charge is -1.99. The molecule has 1 fully saturated rings. The number of aliphatic carboxylic acids is 1. The highest BCUT2D eigenvalue weighted by Gasteiger charge is 2.24. The lowest BCUT2D eigenvalue weighted by molar-refractivity contribution is -0.136. The minimum absolute atomic E-state index is 0.0337. The summed E-state index contributed by atoms with van der Waals surface area (Å²) in [5.41, 5.74) is 2.91. The summed E-state index contributed by atoms with van der Waals surface area (Å²) in [6.45, 7) is 0. The topological polar surface area (TPSA) is 91.6 Å². The highest BCUT2D eigenvalue weighted by atomic mass is 32.2. The number of carbonyl (C=O) groups is 2. The molecule has 138 valence electrons. The number of nitrogens with one attached hydrogen (secondary N) is 1. The Labute approximate surface area is 165 Å². The smallest absolute Gasteiger partial charge is 0.307 e. The van der Waals surface area contributed by atoms with E-state index in [1.54, 1.807) is 30.3 Å². The van der Waals surface area contributed by atoms with Crippen LogP contribution < -0.4 is 5.32 Å². The normalized spacial score (nSPS) is 16.6. The van der Waals surface area contributed by atoms with E-state index in [1.165, 1.54) is 11.8 Å². The van der Waals surface area contributed by atoms with Crippen molar-refractivity contribution in [2.75, 3.05) is 0 Å². The van der Waals surface area contributed by atoms with Crippen molar-refractivity contribution in [3.8, 4) is 0 Å². The van der Waals surface area contributed by atoms with Crippen LogP contribution in [0.25, 0.3) is 17.0 Å². The molecule has 0 aliphatic carbocycles. The number of aliphatic imine (C=N–C) groups is 1. The summed E-state index contributed by atoms with van der Waals surface area (Å²) in [6, 6.07) is 18.5. The number of thioether (sulfide) groups is 1. The van der Waals surface area contributed by atoms with Crippen LogP contribution in [0, 0.1) is 0 Å². The highest BCUT2D eigenvalue weighted by molar-refractivity contribution is 8.18. The van der Waals surface area contributed by atoms with Crippen molar-refractivity contribution in [2.45, 2.75) is 6.42 Å². The van der Waals surface area contributed by atoms with E-state index in [0.29, 0.717) is 27.0 Å². The summed E-state index contributed by atoms with van der Waals surface area (Å²) in [4.78, 5) is 32.5. The minimum Gasteiger partial charge on any atom is -0.481 e. The quantitative estimate of drug-likeness (QED) is 0.663. The first-order chi connectivity index (χ1) is 13.6. The molecule has 3 aromatic rings. The fraction of sp³-hybridized carbons (Fsp3) is 0.0476. The van der Waals surface area contributed by atoms with Crippen molar-refractivity contribution in [1.29, 1.82) is 0 Å². The van der Waals surface area contributed by atoms with Crippen LogP contribution in [0.3, 0.4) is 0 Å². The molecule has 4 rings (SSSR count). The lowest BCUT2D eigenvalue weighted by atomic mass is 10.1. The molecule has 1 aliphatic rings. The van der Waals surface area contributed by atoms with Crippen LogP contribution in [0.2, 0.25) is 0 Å². The van der Waals surface area contributed by atoms with Gasteiger partial charge in [0.1, 0.15) is 0 Å². The van der Waals surface area contributed by atoms with Gasteiger partial charge in [-0.1, -0.05) is 36.4 Å². The summed E-state index contributed by atoms with van der Waals surface area (Å²) in [6.07, 6.45) is 1.71. The molecule has 1 saturated heterocycles. The average Bonchev–Trinajstić information content (AvgIpc) is 3.02. The Bertz CT molecular complexity index is 1140. The molecular weight excluding hydrogens is 374 g/mol. The number of benzene rings is 2. The number of para-hydroxylation sites is 1. The van der Waals surface area contributed by atoms with Crippen LogP contribution >= 0.6 is 11.8 Å². The summed E-state index contributed by atoms with van der Waals surface area (Å²) in [5, 5.41) is 13.1. The van der Waals surface area contributed by atoms with Gasteiger partial charge in [-0.2, -0.15) is 0 Å². The van der Waals surface area contributed by atoms with Crippen molar-refractivity contribution in [3.63, 3.8) is 0 Å². The Hall–Kier alpha value is -3.45. The fourth-order valence-corrected chi connectivity index (χ4v) is 3.58. The second-order valence-corrected chi connectivity index (χ2v) is 7.18. The Morgan fingerprint density at radius 3 is 2.68 bits per heavy atom. The zero-order valence-electron chi connectivity index (χ0n) is 14.6. The van der Waals surface area contributed by atoms with Gasteiger partial charge in [0.25, 0.3) is 5.91 Å². The Morgan fingerprint density at radius 1 is 1.11 bits per heavy atom. The van der Waals surface area contributed by atoms with E-state index >= 15 is 0 Å². The first-order valence-corrected chi connectivity index (χ1v) is 9.34. The number of fused-ring (bicyclic) bond motifs is 1. The van der Waals surface area contributed by atoms with Crippen LogP contribution in [0.1, 0.15) is 11.3 Å². The van der Waals surface area contributed by atoms with Gasteiger partial charge in [0.05, 0.1) is 28.2 Å². The van der Waals surface area contributed by atoms with Gasteiger partial charge >= 0.3 is 5.97 Å². The van der Waals surface area contributed by atoms with E-state index in [0.717, 1.165) is 10.9 Å². The Balaban J connectivity index is 1.53. The number of pyridine rings is 1. The largest absolute Gasteiger partial charge is 0.481 e. The third-order valence-electron chi connectivity index (χ3n) is 4.07. The number of carboxylic acid groups (broad SMARTS) is 1. The number of nitrogens with zero attached hydrogens (tertiary/aromatic N) is 2. The molecule has 28 heavy (non-hydrogen) atoms. The number of rotatable bonds is 4. The summed E-state index contributed by atoms with van der Waals surface area (Å²) in [5.74, 6) is -1.10. The van der Waals surface area contributed by atoms with E-state index in [4.69, 9.17) is 5.11 Å². The number of hydrogen-bond acceptors (Lipinski definition) is 5. The van der Waals surface area contributed by atoms with E-state index in [2.05, 4.69) is 15.3 Å². The SMILES string of the molecule is O=C(O)Cc1ccc(N=C2NC(=O)C(=Cc3ccc4ccccc4n3)S2)cc1. The maximum Gasteiger partial charge on any atom is 0.307 e. The standard InChI is InChI=1S/C21H15N3O3S/c25-19(26)11-13-5-8-15(9-6-13)23-21-24-20(27)18(28-21)12-16-10-7-14-3-1-2-4-17(14)22-16/h1-10,12H,11H2,(H,25,26)(H,23,24,27). The molecule has 0 spiro atoms. The predicted molar refractivity (Wildman–Crippen MR) is 110 cm³/mol. The Morgan fingerprint density at radius 2 is 1.89 bits per heavy atom. The number of amidine groups is 1. The summed E-state index contributed by atoms with van der Waals surface area (Å²) in [7, 11) is 0. The minimum atomic E-state index is -0.880. The van der Waals surface area contributed by atoms with Crippen molar-refractivity contribution in [1.82, 2.24) is 10.3 Å². The molecule has 1 aromatic heterocycles. The molecule has 2 N–H and O–H groups in total. The molecule has 6 nitrogen and oxygen atoms in total. The summed E-state index contributed by atoms with van der Waals surface area (Å²) >= 11 is 1.25. The van der Waals surface area contributed by atoms with Crippen molar-refractivity contribution in [2.24, 2.45) is 4.99 Å². The molecule has 0 saturated carbocycles. The molecule has 1 amide bonds. The van der Waals surface area contributed by atoms with Crippen LogP contribution in [-0.4, -0.2) is 27.1 Å². The fourth-order valence-electron chi connectivity index (χ4n) is 2.76. The third-order valence-corrected chi connectivity index (χ3v) is 4.98. The molecule has 7 heteroatoms. The second-order valence-electron chi connectivity index (χ2n) is 6.15. The molecular formula is C21H15N3O3S. The van der Waals surface area contributed by atoms with Crippen LogP contribution in [0.4, 0.5) is 5.69 Å². The number of carboxylic acids is 1. The van der Waals surface area contributed by atoms with Crippen molar-refractivity contribution in [3.05, 3.63) is 76.8 Å².